The molecule has 0 fully saturated rings. The van der Waals surface area contributed by atoms with E-state index in [1.807, 2.05) is 0 Å². The van der Waals surface area contributed by atoms with Gasteiger partial charge in [-0.1, -0.05) is 69.2 Å². The second-order valence-electron chi connectivity index (χ2n) is 10.2. The minimum Gasteiger partial charge on any atom is -0.507 e. The van der Waals surface area contributed by atoms with Crippen LogP contribution in [0.2, 0.25) is 0 Å². The Labute approximate surface area is 148 Å². The van der Waals surface area contributed by atoms with Gasteiger partial charge in [-0.25, -0.2) is 0 Å². The summed E-state index contributed by atoms with van der Waals surface area (Å²) in [5.74, 6) is 2.27. The zero-order valence-corrected chi connectivity index (χ0v) is 17.3. The van der Waals surface area contributed by atoms with Crippen LogP contribution in [0.4, 0.5) is 0 Å². The molecule has 0 radical (unpaired) electrons. The Morgan fingerprint density at radius 3 is 1.83 bits per heavy atom. The van der Waals surface area contributed by atoms with Crippen molar-refractivity contribution in [1.29, 1.82) is 0 Å². The normalized spacial score (nSPS) is 17.3. The van der Waals surface area contributed by atoms with E-state index >= 15 is 0 Å². The van der Waals surface area contributed by atoms with Crippen molar-refractivity contribution >= 4 is 0 Å². The summed E-state index contributed by atoms with van der Waals surface area (Å²) >= 11 is 0. The third-order valence-electron chi connectivity index (χ3n) is 5.63. The van der Waals surface area contributed by atoms with Gasteiger partial charge in [-0.15, -0.1) is 0 Å². The highest BCUT2D eigenvalue weighted by Gasteiger charge is 2.47. The zero-order chi connectivity index (χ0) is 18.7. The number of phenols is 1. The van der Waals surface area contributed by atoms with Crippen molar-refractivity contribution in [3.8, 4) is 11.5 Å². The average Bonchev–Trinajstić information content (AvgIpc) is 2.75. The van der Waals surface area contributed by atoms with Crippen LogP contribution in [-0.4, -0.2) is 10.7 Å². The van der Waals surface area contributed by atoms with Crippen LogP contribution in [0, 0.1) is 11.8 Å². The number of phenolic OH excluding ortho intramolecular Hbond substituents is 1. The van der Waals surface area contributed by atoms with Gasteiger partial charge in [0.25, 0.3) is 0 Å². The van der Waals surface area contributed by atoms with Gasteiger partial charge in [0.15, 0.2) is 0 Å². The van der Waals surface area contributed by atoms with E-state index in [0.717, 1.165) is 23.3 Å². The summed E-state index contributed by atoms with van der Waals surface area (Å²) in [6, 6.07) is 2.09. The van der Waals surface area contributed by atoms with E-state index in [2.05, 4.69) is 75.3 Å². The van der Waals surface area contributed by atoms with Crippen LogP contribution in [0.15, 0.2) is 6.07 Å². The number of aromatic hydroxyl groups is 1. The van der Waals surface area contributed by atoms with E-state index in [4.69, 9.17) is 4.74 Å². The summed E-state index contributed by atoms with van der Waals surface area (Å²) in [6.07, 6.45) is 0.877. The highest BCUT2D eigenvalue weighted by molar-refractivity contribution is 5.60. The van der Waals surface area contributed by atoms with Crippen LogP contribution in [0.3, 0.4) is 0 Å². The first-order valence-corrected chi connectivity index (χ1v) is 9.30. The number of benzene rings is 1. The summed E-state index contributed by atoms with van der Waals surface area (Å²) in [5.41, 5.74) is 2.82. The lowest BCUT2D eigenvalue weighted by atomic mass is 9.73. The molecule has 0 aliphatic carbocycles. The molecule has 1 aliphatic rings. The van der Waals surface area contributed by atoms with Gasteiger partial charge in [0, 0.05) is 23.1 Å². The Kier molecular flexibility index (Phi) is 4.53. The molecule has 1 aromatic carbocycles. The summed E-state index contributed by atoms with van der Waals surface area (Å²) in [6.45, 7) is 22.0. The van der Waals surface area contributed by atoms with Gasteiger partial charge in [0.1, 0.15) is 17.1 Å². The first-order valence-electron chi connectivity index (χ1n) is 9.30. The first-order chi connectivity index (χ1) is 10.7. The maximum atomic E-state index is 11.1. The molecule has 0 saturated heterocycles. The van der Waals surface area contributed by atoms with Crippen molar-refractivity contribution in [2.45, 2.75) is 92.1 Å². The number of hydrogen-bond acceptors (Lipinski definition) is 2. The zero-order valence-electron chi connectivity index (χ0n) is 17.3. The fraction of sp³-hybridized carbons (Fsp3) is 0.727. The molecule has 0 atom stereocenters. The molecule has 0 saturated carbocycles. The maximum Gasteiger partial charge on any atom is 0.124 e. The minimum absolute atomic E-state index is 0.122. The Bertz CT molecular complexity index is 617. The Morgan fingerprint density at radius 2 is 1.46 bits per heavy atom. The second-order valence-corrected chi connectivity index (χ2v) is 10.2. The average molecular weight is 333 g/mol. The van der Waals surface area contributed by atoms with Gasteiger partial charge in [-0.2, -0.15) is 0 Å². The fourth-order valence-corrected chi connectivity index (χ4v) is 4.16. The molecular weight excluding hydrogens is 296 g/mol. The lowest BCUT2D eigenvalue weighted by molar-refractivity contribution is -0.000647. The van der Waals surface area contributed by atoms with E-state index in [-0.39, 0.29) is 16.4 Å². The SMILES string of the molecule is CC(C)C1(C(C)C)Cc2c(cc(C(C)(C)C)c(O)c2C(C)(C)C)O1. The van der Waals surface area contributed by atoms with Crippen molar-refractivity contribution < 1.29 is 9.84 Å². The van der Waals surface area contributed by atoms with Crippen molar-refractivity contribution in [2.24, 2.45) is 11.8 Å². The van der Waals surface area contributed by atoms with Crippen LogP contribution in [0.1, 0.15) is 85.9 Å². The molecule has 1 aromatic rings. The van der Waals surface area contributed by atoms with E-state index in [0.29, 0.717) is 17.6 Å². The van der Waals surface area contributed by atoms with Crippen LogP contribution in [-0.2, 0) is 17.3 Å². The lowest BCUT2D eigenvalue weighted by Crippen LogP contribution is -2.45. The van der Waals surface area contributed by atoms with Crippen LogP contribution < -0.4 is 4.74 Å². The van der Waals surface area contributed by atoms with Crippen LogP contribution in [0.5, 0.6) is 11.5 Å². The van der Waals surface area contributed by atoms with E-state index < -0.39 is 0 Å². The molecule has 0 unspecified atom stereocenters. The molecule has 1 aliphatic heterocycles. The Hall–Kier alpha value is -1.18. The Balaban J connectivity index is 2.76. The summed E-state index contributed by atoms with van der Waals surface area (Å²) in [7, 11) is 0. The molecule has 1 heterocycles. The van der Waals surface area contributed by atoms with Crippen LogP contribution >= 0.6 is 0 Å². The molecular formula is C22H36O2. The highest BCUT2D eigenvalue weighted by Crippen LogP contribution is 2.52. The summed E-state index contributed by atoms with van der Waals surface area (Å²) in [4.78, 5) is 0. The predicted octanol–water partition coefficient (Wildman–Crippen LogP) is 5.97. The lowest BCUT2D eigenvalue weighted by Gasteiger charge is -2.37. The van der Waals surface area contributed by atoms with Crippen molar-refractivity contribution in [1.82, 2.24) is 0 Å². The van der Waals surface area contributed by atoms with Crippen molar-refractivity contribution in [2.75, 3.05) is 0 Å². The van der Waals surface area contributed by atoms with E-state index in [9.17, 15) is 5.11 Å². The summed E-state index contributed by atoms with van der Waals surface area (Å²) in [5, 5.41) is 11.1. The number of fused-ring (bicyclic) bond motifs is 1. The molecule has 0 amide bonds. The molecule has 24 heavy (non-hydrogen) atoms. The molecule has 2 rings (SSSR count). The van der Waals surface area contributed by atoms with Gasteiger partial charge in [-0.3, -0.25) is 0 Å². The van der Waals surface area contributed by atoms with Crippen molar-refractivity contribution in [3.63, 3.8) is 0 Å². The smallest absolute Gasteiger partial charge is 0.124 e. The monoisotopic (exact) mass is 332 g/mol. The van der Waals surface area contributed by atoms with Crippen LogP contribution in [0.25, 0.3) is 0 Å². The first kappa shape index (κ1) is 19.1. The fourth-order valence-electron chi connectivity index (χ4n) is 4.16. The number of rotatable bonds is 2. The topological polar surface area (TPSA) is 29.5 Å². The largest absolute Gasteiger partial charge is 0.507 e. The third-order valence-corrected chi connectivity index (χ3v) is 5.63. The minimum atomic E-state index is -0.189. The third kappa shape index (κ3) is 2.93. The molecule has 2 nitrogen and oxygen atoms in total. The molecule has 2 heteroatoms. The second kappa shape index (κ2) is 5.68. The van der Waals surface area contributed by atoms with E-state index in [1.165, 1.54) is 5.56 Å². The van der Waals surface area contributed by atoms with Gasteiger partial charge >= 0.3 is 0 Å². The van der Waals surface area contributed by atoms with Crippen molar-refractivity contribution in [3.05, 3.63) is 22.8 Å². The number of hydrogen-bond donors (Lipinski definition) is 1. The summed E-state index contributed by atoms with van der Waals surface area (Å²) < 4.78 is 6.63. The van der Waals surface area contributed by atoms with Gasteiger partial charge in [0.2, 0.25) is 0 Å². The molecule has 0 aromatic heterocycles. The predicted molar refractivity (Wildman–Crippen MR) is 102 cm³/mol. The van der Waals surface area contributed by atoms with Gasteiger partial charge < -0.3 is 9.84 Å². The Morgan fingerprint density at radius 1 is 0.958 bits per heavy atom. The maximum absolute atomic E-state index is 11.1. The van der Waals surface area contributed by atoms with Gasteiger partial charge in [-0.05, 0) is 28.7 Å². The standard InChI is InChI=1S/C22H36O2/c1-13(2)22(14(3)4)12-15-17(24-22)11-16(20(5,6)7)19(23)18(15)21(8,9)10/h11,13-14,23H,12H2,1-10H3. The molecule has 0 bridgehead atoms. The van der Waals surface area contributed by atoms with Gasteiger partial charge in [0.05, 0.1) is 0 Å². The quantitative estimate of drug-likeness (QED) is 0.722. The number of ether oxygens (including phenoxy) is 1. The highest BCUT2D eigenvalue weighted by atomic mass is 16.5. The molecule has 1 N–H and O–H groups in total. The van der Waals surface area contributed by atoms with E-state index in [1.54, 1.807) is 0 Å². The molecule has 136 valence electrons. The molecule has 0 spiro atoms.